The van der Waals surface area contributed by atoms with E-state index in [1.54, 1.807) is 0 Å². The third-order valence-corrected chi connectivity index (χ3v) is 3.24. The molecule has 0 amide bonds. The Balaban J connectivity index is 2.33. The van der Waals surface area contributed by atoms with E-state index in [9.17, 15) is 5.11 Å². The number of benzene rings is 2. The van der Waals surface area contributed by atoms with Crippen LogP contribution in [-0.2, 0) is 6.61 Å². The van der Waals surface area contributed by atoms with Gasteiger partial charge in [0.15, 0.2) is 0 Å². The zero-order valence-electron chi connectivity index (χ0n) is 10.4. The van der Waals surface area contributed by atoms with Crippen molar-refractivity contribution in [2.24, 2.45) is 0 Å². The van der Waals surface area contributed by atoms with E-state index in [1.165, 1.54) is 0 Å². The summed E-state index contributed by atoms with van der Waals surface area (Å²) in [5.41, 5.74) is 2.96. The number of aryl methyl sites for hydroxylation is 2. The monoisotopic (exact) mass is 306 g/mol. The number of rotatable bonds is 3. The van der Waals surface area contributed by atoms with Gasteiger partial charge in [0.25, 0.3) is 0 Å². The van der Waals surface area contributed by atoms with Crippen LogP contribution in [0.25, 0.3) is 0 Å². The van der Waals surface area contributed by atoms with E-state index in [4.69, 9.17) is 4.74 Å². The van der Waals surface area contributed by atoms with E-state index in [2.05, 4.69) is 15.9 Å². The molecule has 0 aliphatic rings. The molecule has 18 heavy (non-hydrogen) atoms. The van der Waals surface area contributed by atoms with Crippen molar-refractivity contribution < 1.29 is 9.84 Å². The number of aliphatic hydroxyl groups is 1. The molecule has 2 aromatic carbocycles. The maximum Gasteiger partial charge on any atom is 0.132 e. The predicted octanol–water partition coefficient (Wildman–Crippen LogP) is 4.35. The summed E-state index contributed by atoms with van der Waals surface area (Å²) in [7, 11) is 0. The van der Waals surface area contributed by atoms with Gasteiger partial charge in [-0.25, -0.2) is 0 Å². The Hall–Kier alpha value is -1.32. The van der Waals surface area contributed by atoms with Crippen molar-refractivity contribution in [2.75, 3.05) is 0 Å². The molecule has 0 atom stereocenters. The lowest BCUT2D eigenvalue weighted by molar-refractivity contribution is 0.276. The number of ether oxygens (including phenoxy) is 1. The zero-order valence-corrected chi connectivity index (χ0v) is 12.0. The van der Waals surface area contributed by atoms with Gasteiger partial charge in [-0.3, -0.25) is 0 Å². The van der Waals surface area contributed by atoms with E-state index in [0.717, 1.165) is 26.9 Å². The van der Waals surface area contributed by atoms with Gasteiger partial charge < -0.3 is 9.84 Å². The van der Waals surface area contributed by atoms with Crippen LogP contribution in [0.1, 0.15) is 16.7 Å². The molecule has 2 aromatic rings. The molecule has 0 heterocycles. The van der Waals surface area contributed by atoms with Crippen molar-refractivity contribution in [3.63, 3.8) is 0 Å². The Labute approximate surface area is 115 Å². The number of halogens is 1. The standard InChI is InChI=1S/C15H15BrO2/c1-10-3-5-15(12(7-10)9-17)18-14-6-4-13(16)8-11(14)2/h3-8,17H,9H2,1-2H3. The molecule has 0 radical (unpaired) electrons. The Morgan fingerprint density at radius 1 is 1.06 bits per heavy atom. The van der Waals surface area contributed by atoms with Gasteiger partial charge in [-0.15, -0.1) is 0 Å². The first-order valence-electron chi connectivity index (χ1n) is 5.74. The van der Waals surface area contributed by atoms with E-state index in [1.807, 2.05) is 50.2 Å². The summed E-state index contributed by atoms with van der Waals surface area (Å²) in [5, 5.41) is 9.35. The predicted molar refractivity (Wildman–Crippen MR) is 76.1 cm³/mol. The lowest BCUT2D eigenvalue weighted by Gasteiger charge is -2.12. The fourth-order valence-corrected chi connectivity index (χ4v) is 2.25. The highest BCUT2D eigenvalue weighted by atomic mass is 79.9. The highest BCUT2D eigenvalue weighted by Gasteiger charge is 2.06. The number of aliphatic hydroxyl groups excluding tert-OH is 1. The maximum atomic E-state index is 9.35. The summed E-state index contributed by atoms with van der Waals surface area (Å²) in [6.45, 7) is 3.97. The van der Waals surface area contributed by atoms with Crippen molar-refractivity contribution in [1.82, 2.24) is 0 Å². The van der Waals surface area contributed by atoms with Crippen molar-refractivity contribution >= 4 is 15.9 Å². The normalized spacial score (nSPS) is 10.4. The Bertz CT molecular complexity index is 564. The molecule has 0 aliphatic carbocycles. The second-order valence-corrected chi connectivity index (χ2v) is 5.20. The average Bonchev–Trinajstić information content (AvgIpc) is 2.34. The van der Waals surface area contributed by atoms with Gasteiger partial charge in [-0.1, -0.05) is 33.6 Å². The van der Waals surface area contributed by atoms with Gasteiger partial charge >= 0.3 is 0 Å². The van der Waals surface area contributed by atoms with Gasteiger partial charge in [-0.05, 0) is 43.7 Å². The van der Waals surface area contributed by atoms with Crippen LogP contribution in [0.2, 0.25) is 0 Å². The fraction of sp³-hybridized carbons (Fsp3) is 0.200. The molecule has 2 nitrogen and oxygen atoms in total. The Morgan fingerprint density at radius 2 is 1.78 bits per heavy atom. The van der Waals surface area contributed by atoms with Crippen LogP contribution >= 0.6 is 15.9 Å². The molecule has 0 saturated carbocycles. The minimum absolute atomic E-state index is 0.0212. The quantitative estimate of drug-likeness (QED) is 0.913. The topological polar surface area (TPSA) is 29.5 Å². The Morgan fingerprint density at radius 3 is 2.44 bits per heavy atom. The smallest absolute Gasteiger partial charge is 0.132 e. The molecular formula is C15H15BrO2. The van der Waals surface area contributed by atoms with Gasteiger partial charge in [0.1, 0.15) is 11.5 Å². The third-order valence-electron chi connectivity index (χ3n) is 2.74. The minimum atomic E-state index is -0.0212. The maximum absolute atomic E-state index is 9.35. The number of hydrogen-bond acceptors (Lipinski definition) is 2. The summed E-state index contributed by atoms with van der Waals surface area (Å²) in [5.74, 6) is 1.50. The summed E-state index contributed by atoms with van der Waals surface area (Å²) in [4.78, 5) is 0. The van der Waals surface area contributed by atoms with Crippen molar-refractivity contribution in [1.29, 1.82) is 0 Å². The molecule has 0 aromatic heterocycles. The molecule has 0 spiro atoms. The summed E-state index contributed by atoms with van der Waals surface area (Å²) in [6.07, 6.45) is 0. The van der Waals surface area contributed by atoms with Gasteiger partial charge in [0, 0.05) is 10.0 Å². The highest BCUT2D eigenvalue weighted by Crippen LogP contribution is 2.30. The zero-order chi connectivity index (χ0) is 13.1. The molecule has 0 fully saturated rings. The van der Waals surface area contributed by atoms with Crippen molar-refractivity contribution in [2.45, 2.75) is 20.5 Å². The third kappa shape index (κ3) is 2.92. The molecular weight excluding hydrogens is 292 g/mol. The van der Waals surface area contributed by atoms with E-state index >= 15 is 0 Å². The minimum Gasteiger partial charge on any atom is -0.457 e. The Kier molecular flexibility index (Phi) is 4.04. The van der Waals surface area contributed by atoms with Crippen LogP contribution in [0.4, 0.5) is 0 Å². The summed E-state index contributed by atoms with van der Waals surface area (Å²) < 4.78 is 6.89. The summed E-state index contributed by atoms with van der Waals surface area (Å²) >= 11 is 3.42. The largest absolute Gasteiger partial charge is 0.457 e. The van der Waals surface area contributed by atoms with Crippen molar-refractivity contribution in [3.8, 4) is 11.5 Å². The molecule has 94 valence electrons. The first-order chi connectivity index (χ1) is 8.60. The average molecular weight is 307 g/mol. The van der Waals surface area contributed by atoms with Gasteiger partial charge in [0.05, 0.1) is 6.61 Å². The second kappa shape index (κ2) is 5.55. The lowest BCUT2D eigenvalue weighted by atomic mass is 10.1. The summed E-state index contributed by atoms with van der Waals surface area (Å²) in [6, 6.07) is 11.7. The number of hydrogen-bond donors (Lipinski definition) is 1. The van der Waals surface area contributed by atoms with Gasteiger partial charge in [0.2, 0.25) is 0 Å². The SMILES string of the molecule is Cc1ccc(Oc2ccc(Br)cc2C)c(CO)c1. The highest BCUT2D eigenvalue weighted by molar-refractivity contribution is 9.10. The molecule has 0 unspecified atom stereocenters. The van der Waals surface area contributed by atoms with Crippen LogP contribution in [0.5, 0.6) is 11.5 Å². The van der Waals surface area contributed by atoms with Crippen molar-refractivity contribution in [3.05, 3.63) is 57.6 Å². The fourth-order valence-electron chi connectivity index (χ4n) is 1.78. The molecule has 1 N–H and O–H groups in total. The van der Waals surface area contributed by atoms with Crippen LogP contribution in [0.3, 0.4) is 0 Å². The van der Waals surface area contributed by atoms with E-state index < -0.39 is 0 Å². The van der Waals surface area contributed by atoms with Crippen LogP contribution in [-0.4, -0.2) is 5.11 Å². The van der Waals surface area contributed by atoms with Crippen LogP contribution < -0.4 is 4.74 Å². The molecule has 3 heteroatoms. The second-order valence-electron chi connectivity index (χ2n) is 4.28. The van der Waals surface area contributed by atoms with Crippen LogP contribution in [0.15, 0.2) is 40.9 Å². The van der Waals surface area contributed by atoms with Crippen LogP contribution in [0, 0.1) is 13.8 Å². The molecule has 2 rings (SSSR count). The van der Waals surface area contributed by atoms with E-state index in [0.29, 0.717) is 5.75 Å². The molecule has 0 saturated heterocycles. The lowest BCUT2D eigenvalue weighted by Crippen LogP contribution is -1.94. The molecule has 0 bridgehead atoms. The van der Waals surface area contributed by atoms with Gasteiger partial charge in [-0.2, -0.15) is 0 Å². The first-order valence-corrected chi connectivity index (χ1v) is 6.54. The molecule has 0 aliphatic heterocycles. The van der Waals surface area contributed by atoms with E-state index in [-0.39, 0.29) is 6.61 Å². The first kappa shape index (κ1) is 13.1.